The van der Waals surface area contributed by atoms with Gasteiger partial charge in [0.1, 0.15) is 0 Å². The normalized spacial score (nSPS) is 21.8. The van der Waals surface area contributed by atoms with Crippen LogP contribution < -0.4 is 10.6 Å². The van der Waals surface area contributed by atoms with E-state index in [1.165, 1.54) is 32.2 Å². The lowest BCUT2D eigenvalue weighted by Gasteiger charge is -2.25. The van der Waals surface area contributed by atoms with Crippen molar-refractivity contribution in [1.29, 1.82) is 0 Å². The predicted molar refractivity (Wildman–Crippen MR) is 67.2 cm³/mol. The fourth-order valence-corrected chi connectivity index (χ4v) is 2.49. The number of rotatable bonds is 7. The van der Waals surface area contributed by atoms with E-state index in [-0.39, 0.29) is 0 Å². The van der Waals surface area contributed by atoms with E-state index in [1.54, 1.807) is 0 Å². The second-order valence-electron chi connectivity index (χ2n) is 5.56. The first-order chi connectivity index (χ1) is 7.16. The van der Waals surface area contributed by atoms with Crippen LogP contribution in [0.15, 0.2) is 0 Å². The summed E-state index contributed by atoms with van der Waals surface area (Å²) in [7, 11) is 0. The molecule has 2 heteroatoms. The van der Waals surface area contributed by atoms with Gasteiger partial charge >= 0.3 is 0 Å². The lowest BCUT2D eigenvalue weighted by molar-refractivity contribution is 0.305. The summed E-state index contributed by atoms with van der Waals surface area (Å²) < 4.78 is 0. The Labute approximate surface area is 95.2 Å². The lowest BCUT2D eigenvalue weighted by atomic mass is 9.89. The van der Waals surface area contributed by atoms with Crippen LogP contribution >= 0.6 is 0 Å². The molecule has 1 atom stereocenters. The van der Waals surface area contributed by atoms with E-state index in [4.69, 9.17) is 0 Å². The molecule has 1 aliphatic carbocycles. The highest BCUT2D eigenvalue weighted by molar-refractivity contribution is 4.82. The molecule has 1 aliphatic rings. The molecule has 1 saturated carbocycles. The molecule has 90 valence electrons. The first kappa shape index (κ1) is 13.0. The van der Waals surface area contributed by atoms with Crippen molar-refractivity contribution >= 4 is 0 Å². The Hall–Kier alpha value is -0.0800. The SMILES string of the molecule is CCNCC(C)CNCC1(C)CCCC1. The van der Waals surface area contributed by atoms with Gasteiger partial charge in [-0.05, 0) is 43.8 Å². The smallest absolute Gasteiger partial charge is 0.000528 e. The van der Waals surface area contributed by atoms with Gasteiger partial charge in [0.2, 0.25) is 0 Å². The minimum Gasteiger partial charge on any atom is -0.317 e. The zero-order chi connectivity index (χ0) is 11.1. The molecule has 0 aromatic rings. The molecule has 1 unspecified atom stereocenters. The van der Waals surface area contributed by atoms with Crippen LogP contribution in [0.25, 0.3) is 0 Å². The fourth-order valence-electron chi connectivity index (χ4n) is 2.49. The molecule has 1 rings (SSSR count). The van der Waals surface area contributed by atoms with Crippen LogP contribution in [0.4, 0.5) is 0 Å². The number of hydrogen-bond donors (Lipinski definition) is 2. The van der Waals surface area contributed by atoms with Crippen LogP contribution in [0.5, 0.6) is 0 Å². The maximum absolute atomic E-state index is 3.64. The fraction of sp³-hybridized carbons (Fsp3) is 1.00. The van der Waals surface area contributed by atoms with Gasteiger partial charge in [0.15, 0.2) is 0 Å². The highest BCUT2D eigenvalue weighted by atomic mass is 14.9. The van der Waals surface area contributed by atoms with Crippen molar-refractivity contribution in [3.8, 4) is 0 Å². The minimum atomic E-state index is 0.595. The predicted octanol–water partition coefficient (Wildman–Crippen LogP) is 2.40. The molecule has 0 bridgehead atoms. The van der Waals surface area contributed by atoms with Crippen LogP contribution in [0.1, 0.15) is 46.5 Å². The molecule has 1 fully saturated rings. The second kappa shape index (κ2) is 6.49. The topological polar surface area (TPSA) is 24.1 Å². The highest BCUT2D eigenvalue weighted by Gasteiger charge is 2.27. The summed E-state index contributed by atoms with van der Waals surface area (Å²) in [6, 6.07) is 0. The molecule has 0 radical (unpaired) electrons. The van der Waals surface area contributed by atoms with Crippen LogP contribution in [-0.4, -0.2) is 26.2 Å². The Morgan fingerprint density at radius 2 is 1.73 bits per heavy atom. The Kier molecular flexibility index (Phi) is 5.62. The summed E-state index contributed by atoms with van der Waals surface area (Å²) in [5.74, 6) is 0.745. The van der Waals surface area contributed by atoms with Gasteiger partial charge < -0.3 is 10.6 Å². The zero-order valence-corrected chi connectivity index (χ0v) is 10.7. The molecule has 2 nitrogen and oxygen atoms in total. The third-order valence-corrected chi connectivity index (χ3v) is 3.60. The number of nitrogens with one attached hydrogen (secondary N) is 2. The summed E-state index contributed by atoms with van der Waals surface area (Å²) in [4.78, 5) is 0. The van der Waals surface area contributed by atoms with E-state index in [1.807, 2.05) is 0 Å². The summed E-state index contributed by atoms with van der Waals surface area (Å²) in [5, 5.41) is 7.03. The van der Waals surface area contributed by atoms with Gasteiger partial charge in [-0.3, -0.25) is 0 Å². The van der Waals surface area contributed by atoms with Crippen LogP contribution in [-0.2, 0) is 0 Å². The molecular formula is C13H28N2. The van der Waals surface area contributed by atoms with Crippen molar-refractivity contribution in [2.45, 2.75) is 46.5 Å². The van der Waals surface area contributed by atoms with Gasteiger partial charge in [-0.15, -0.1) is 0 Å². The van der Waals surface area contributed by atoms with Gasteiger partial charge in [0.25, 0.3) is 0 Å². The molecule has 0 aliphatic heterocycles. The van der Waals surface area contributed by atoms with E-state index in [9.17, 15) is 0 Å². The Bertz CT molecular complexity index is 162. The Morgan fingerprint density at radius 1 is 1.13 bits per heavy atom. The average Bonchev–Trinajstić information content (AvgIpc) is 2.62. The van der Waals surface area contributed by atoms with E-state index in [0.717, 1.165) is 25.6 Å². The first-order valence-electron chi connectivity index (χ1n) is 6.58. The van der Waals surface area contributed by atoms with Gasteiger partial charge in [0.05, 0.1) is 0 Å². The van der Waals surface area contributed by atoms with E-state index in [0.29, 0.717) is 5.41 Å². The maximum atomic E-state index is 3.64. The summed E-state index contributed by atoms with van der Waals surface area (Å²) in [6.07, 6.45) is 5.71. The van der Waals surface area contributed by atoms with Gasteiger partial charge in [0, 0.05) is 6.54 Å². The third-order valence-electron chi connectivity index (χ3n) is 3.60. The highest BCUT2D eigenvalue weighted by Crippen LogP contribution is 2.36. The Morgan fingerprint density at radius 3 is 2.33 bits per heavy atom. The third kappa shape index (κ3) is 4.98. The average molecular weight is 212 g/mol. The molecule has 0 amide bonds. The van der Waals surface area contributed by atoms with Crippen molar-refractivity contribution < 1.29 is 0 Å². The number of hydrogen-bond acceptors (Lipinski definition) is 2. The molecular weight excluding hydrogens is 184 g/mol. The van der Waals surface area contributed by atoms with Gasteiger partial charge in [-0.25, -0.2) is 0 Å². The van der Waals surface area contributed by atoms with E-state index >= 15 is 0 Å². The first-order valence-corrected chi connectivity index (χ1v) is 6.58. The zero-order valence-electron chi connectivity index (χ0n) is 10.7. The lowest BCUT2D eigenvalue weighted by Crippen LogP contribution is -2.35. The molecule has 0 saturated heterocycles. The molecule has 0 aromatic carbocycles. The van der Waals surface area contributed by atoms with Gasteiger partial charge in [-0.2, -0.15) is 0 Å². The molecule has 0 heterocycles. The summed E-state index contributed by atoms with van der Waals surface area (Å²) >= 11 is 0. The van der Waals surface area contributed by atoms with Crippen molar-refractivity contribution in [1.82, 2.24) is 10.6 Å². The van der Waals surface area contributed by atoms with E-state index in [2.05, 4.69) is 31.4 Å². The maximum Gasteiger partial charge on any atom is 0.000528 e. The van der Waals surface area contributed by atoms with Crippen molar-refractivity contribution in [2.24, 2.45) is 11.3 Å². The largest absolute Gasteiger partial charge is 0.317 e. The van der Waals surface area contributed by atoms with Crippen LogP contribution in [0, 0.1) is 11.3 Å². The van der Waals surface area contributed by atoms with Crippen LogP contribution in [0.2, 0.25) is 0 Å². The quantitative estimate of drug-likeness (QED) is 0.677. The van der Waals surface area contributed by atoms with E-state index < -0.39 is 0 Å². The van der Waals surface area contributed by atoms with Gasteiger partial charge in [-0.1, -0.05) is 33.6 Å². The molecule has 15 heavy (non-hydrogen) atoms. The molecule has 2 N–H and O–H groups in total. The van der Waals surface area contributed by atoms with Crippen molar-refractivity contribution in [3.05, 3.63) is 0 Å². The summed E-state index contributed by atoms with van der Waals surface area (Å²) in [5.41, 5.74) is 0.595. The standard InChI is InChI=1S/C13H28N2/c1-4-14-9-12(2)10-15-11-13(3)7-5-6-8-13/h12,14-15H,4-11H2,1-3H3. The minimum absolute atomic E-state index is 0.595. The van der Waals surface area contributed by atoms with Crippen LogP contribution in [0.3, 0.4) is 0 Å². The van der Waals surface area contributed by atoms with Crippen molar-refractivity contribution in [2.75, 3.05) is 26.2 Å². The molecule has 0 spiro atoms. The second-order valence-corrected chi connectivity index (χ2v) is 5.56. The Balaban J connectivity index is 2.04. The monoisotopic (exact) mass is 212 g/mol. The van der Waals surface area contributed by atoms with Crippen molar-refractivity contribution in [3.63, 3.8) is 0 Å². The molecule has 0 aromatic heterocycles. The summed E-state index contributed by atoms with van der Waals surface area (Å²) in [6.45, 7) is 11.5.